The summed E-state index contributed by atoms with van der Waals surface area (Å²) in [4.78, 5) is 64.2. The van der Waals surface area contributed by atoms with Crippen LogP contribution in [0.2, 0.25) is 0 Å². The summed E-state index contributed by atoms with van der Waals surface area (Å²) in [5, 5.41) is 35.5. The number of fused-ring (bicyclic) bond motifs is 1. The lowest BCUT2D eigenvalue weighted by atomic mass is 10.0. The number of para-hydroxylation sites is 1. The van der Waals surface area contributed by atoms with Crippen LogP contribution in [0.25, 0.3) is 10.9 Å². The molecule has 0 aliphatic rings. The van der Waals surface area contributed by atoms with Crippen molar-refractivity contribution in [3.8, 4) is 0 Å². The first kappa shape index (κ1) is 29.3. The molecule has 202 valence electrons. The molecule has 2 aromatic rings. The van der Waals surface area contributed by atoms with Crippen LogP contribution in [0.15, 0.2) is 30.5 Å². The van der Waals surface area contributed by atoms with Crippen molar-refractivity contribution in [3.63, 3.8) is 0 Å². The number of carboxylic acids is 2. The third-order valence-electron chi connectivity index (χ3n) is 5.83. The van der Waals surface area contributed by atoms with E-state index in [4.69, 9.17) is 10.8 Å². The van der Waals surface area contributed by atoms with Crippen LogP contribution in [0, 0.1) is 5.92 Å². The average Bonchev–Trinajstić information content (AvgIpc) is 3.26. The molecule has 0 spiro atoms. The van der Waals surface area contributed by atoms with Gasteiger partial charge < -0.3 is 42.0 Å². The Hall–Kier alpha value is -3.97. The fourth-order valence-corrected chi connectivity index (χ4v) is 3.57. The van der Waals surface area contributed by atoms with Gasteiger partial charge >= 0.3 is 11.9 Å². The van der Waals surface area contributed by atoms with Gasteiger partial charge in [-0.15, -0.1) is 0 Å². The molecule has 0 saturated heterocycles. The zero-order valence-electron chi connectivity index (χ0n) is 20.6. The van der Waals surface area contributed by atoms with Gasteiger partial charge in [0.15, 0.2) is 0 Å². The number of hydrogen-bond donors (Lipinski definition) is 8. The van der Waals surface area contributed by atoms with Crippen LogP contribution in [0.4, 0.5) is 0 Å². The summed E-state index contributed by atoms with van der Waals surface area (Å²) in [6.45, 7) is 2.54. The summed E-state index contributed by atoms with van der Waals surface area (Å²) in [5.41, 5.74) is 7.26. The Balaban J connectivity index is 2.32. The predicted octanol–water partition coefficient (Wildman–Crippen LogP) is -0.910. The lowest BCUT2D eigenvalue weighted by Crippen LogP contribution is -2.58. The maximum absolute atomic E-state index is 13.2. The van der Waals surface area contributed by atoms with Gasteiger partial charge in [0.05, 0.1) is 12.6 Å². The van der Waals surface area contributed by atoms with Crippen LogP contribution in [-0.4, -0.2) is 80.7 Å². The Morgan fingerprint density at radius 3 is 2.11 bits per heavy atom. The van der Waals surface area contributed by atoms with Crippen molar-refractivity contribution in [3.05, 3.63) is 36.0 Å². The molecular weight excluding hydrogens is 486 g/mol. The Bertz CT molecular complexity index is 1130. The molecule has 0 fully saturated rings. The number of aliphatic hydroxyl groups is 1. The van der Waals surface area contributed by atoms with Crippen LogP contribution < -0.4 is 21.7 Å². The Morgan fingerprint density at radius 1 is 0.919 bits per heavy atom. The third kappa shape index (κ3) is 8.29. The number of aliphatic hydroxyl groups excluding tert-OH is 1. The van der Waals surface area contributed by atoms with Crippen LogP contribution >= 0.6 is 0 Å². The van der Waals surface area contributed by atoms with Gasteiger partial charge in [0, 0.05) is 29.9 Å². The summed E-state index contributed by atoms with van der Waals surface area (Å²) < 4.78 is 0. The van der Waals surface area contributed by atoms with Crippen LogP contribution in [0.1, 0.15) is 32.3 Å². The van der Waals surface area contributed by atoms with E-state index < -0.39 is 66.9 Å². The molecule has 4 atom stereocenters. The minimum Gasteiger partial charge on any atom is -0.481 e. The van der Waals surface area contributed by atoms with Crippen LogP contribution in [0.5, 0.6) is 0 Å². The first-order chi connectivity index (χ1) is 17.4. The molecule has 13 nitrogen and oxygen atoms in total. The van der Waals surface area contributed by atoms with Crippen molar-refractivity contribution in [2.24, 2.45) is 11.7 Å². The summed E-state index contributed by atoms with van der Waals surface area (Å²) >= 11 is 0. The van der Waals surface area contributed by atoms with Gasteiger partial charge in [0.1, 0.15) is 18.1 Å². The quantitative estimate of drug-likeness (QED) is 0.154. The van der Waals surface area contributed by atoms with Crippen molar-refractivity contribution in [1.82, 2.24) is 20.9 Å². The number of carbonyl (C=O) groups is 5. The first-order valence-electron chi connectivity index (χ1n) is 11.7. The van der Waals surface area contributed by atoms with E-state index in [1.54, 1.807) is 32.2 Å². The van der Waals surface area contributed by atoms with Gasteiger partial charge in [-0.3, -0.25) is 19.2 Å². The minimum atomic E-state index is -1.61. The smallest absolute Gasteiger partial charge is 0.328 e. The summed E-state index contributed by atoms with van der Waals surface area (Å²) in [6.07, 6.45) is 0.862. The summed E-state index contributed by atoms with van der Waals surface area (Å²) in [6, 6.07) is 2.01. The predicted molar refractivity (Wildman–Crippen MR) is 132 cm³/mol. The largest absolute Gasteiger partial charge is 0.481 e. The Kier molecular flexibility index (Phi) is 10.6. The molecule has 1 aromatic carbocycles. The molecule has 1 aromatic heterocycles. The van der Waals surface area contributed by atoms with E-state index in [-0.39, 0.29) is 18.8 Å². The number of amides is 3. The highest BCUT2D eigenvalue weighted by atomic mass is 16.4. The maximum Gasteiger partial charge on any atom is 0.328 e. The molecule has 2 rings (SSSR count). The molecule has 9 N–H and O–H groups in total. The van der Waals surface area contributed by atoms with E-state index in [1.165, 1.54) is 0 Å². The number of carboxylic acid groups (broad SMARTS) is 2. The molecule has 13 heteroatoms. The van der Waals surface area contributed by atoms with Crippen molar-refractivity contribution < 1.29 is 39.3 Å². The zero-order valence-corrected chi connectivity index (χ0v) is 20.6. The second-order valence-electron chi connectivity index (χ2n) is 8.97. The summed E-state index contributed by atoms with van der Waals surface area (Å²) in [7, 11) is 0. The zero-order chi connectivity index (χ0) is 27.7. The second-order valence-corrected chi connectivity index (χ2v) is 8.97. The number of hydrogen-bond acceptors (Lipinski definition) is 7. The normalized spacial score (nSPS) is 14.4. The lowest BCUT2D eigenvalue weighted by molar-refractivity contribution is -0.143. The highest BCUT2D eigenvalue weighted by Gasteiger charge is 2.31. The first-order valence-corrected chi connectivity index (χ1v) is 11.7. The fourth-order valence-electron chi connectivity index (χ4n) is 3.57. The standard InChI is InChI=1S/C24H33N5O8/c1-12(2)20(25)23(35)27-16(7-8-19(31)32)21(33)28-17(22(34)29-18(11-30)24(36)37)9-13-10-26-15-6-4-3-5-14(13)15/h3-6,10,12,16-18,20,26,30H,7-9,11,25H2,1-2H3,(H,27,35)(H,28,33)(H,29,34)(H,31,32)(H,36,37). The van der Waals surface area contributed by atoms with Crippen LogP contribution in [0.3, 0.4) is 0 Å². The number of rotatable bonds is 14. The molecule has 4 unspecified atom stereocenters. The number of benzene rings is 1. The molecule has 3 amide bonds. The Labute approximate surface area is 212 Å². The monoisotopic (exact) mass is 519 g/mol. The van der Waals surface area contributed by atoms with E-state index >= 15 is 0 Å². The number of aliphatic carboxylic acids is 2. The van der Waals surface area contributed by atoms with Crippen molar-refractivity contribution >= 4 is 40.6 Å². The number of aromatic amines is 1. The maximum atomic E-state index is 13.2. The molecular formula is C24H33N5O8. The Morgan fingerprint density at radius 2 is 1.51 bits per heavy atom. The van der Waals surface area contributed by atoms with Crippen molar-refractivity contribution in [1.29, 1.82) is 0 Å². The van der Waals surface area contributed by atoms with Crippen molar-refractivity contribution in [2.45, 2.75) is 57.3 Å². The lowest BCUT2D eigenvalue weighted by Gasteiger charge is -2.25. The SMILES string of the molecule is CC(C)C(N)C(=O)NC(CCC(=O)O)C(=O)NC(Cc1c[nH]c2ccccc12)C(=O)NC(CO)C(=O)O. The molecule has 0 aliphatic carbocycles. The third-order valence-corrected chi connectivity index (χ3v) is 5.83. The van der Waals surface area contributed by atoms with Gasteiger partial charge in [-0.05, 0) is 24.0 Å². The minimum absolute atomic E-state index is 0.0650. The topological polar surface area (TPSA) is 224 Å². The fraction of sp³-hybridized carbons (Fsp3) is 0.458. The van der Waals surface area contributed by atoms with Crippen molar-refractivity contribution in [2.75, 3.05) is 6.61 Å². The number of H-pyrrole nitrogens is 1. The van der Waals surface area contributed by atoms with E-state index in [1.807, 2.05) is 12.1 Å². The van der Waals surface area contributed by atoms with E-state index in [0.29, 0.717) is 5.56 Å². The second kappa shape index (κ2) is 13.4. The molecule has 1 heterocycles. The number of aromatic nitrogens is 1. The molecule has 0 saturated carbocycles. The van der Waals surface area contributed by atoms with Crippen LogP contribution in [-0.2, 0) is 30.4 Å². The van der Waals surface area contributed by atoms with E-state index in [0.717, 1.165) is 10.9 Å². The van der Waals surface area contributed by atoms with Gasteiger partial charge in [-0.1, -0.05) is 32.0 Å². The number of nitrogens with two attached hydrogens (primary N) is 1. The highest BCUT2D eigenvalue weighted by Crippen LogP contribution is 2.19. The molecule has 0 aliphatic heterocycles. The van der Waals surface area contributed by atoms with Gasteiger partial charge in [0.2, 0.25) is 17.7 Å². The van der Waals surface area contributed by atoms with Gasteiger partial charge in [0.25, 0.3) is 0 Å². The van der Waals surface area contributed by atoms with E-state index in [9.17, 15) is 34.2 Å². The van der Waals surface area contributed by atoms with Gasteiger partial charge in [-0.2, -0.15) is 0 Å². The molecule has 0 radical (unpaired) electrons. The molecule has 37 heavy (non-hydrogen) atoms. The average molecular weight is 520 g/mol. The number of carbonyl (C=O) groups excluding carboxylic acids is 3. The summed E-state index contributed by atoms with van der Waals surface area (Å²) in [5.74, 6) is -5.31. The van der Waals surface area contributed by atoms with E-state index in [2.05, 4.69) is 20.9 Å². The molecule has 0 bridgehead atoms. The highest BCUT2D eigenvalue weighted by molar-refractivity contribution is 5.95. The number of nitrogens with one attached hydrogen (secondary N) is 4. The van der Waals surface area contributed by atoms with Gasteiger partial charge in [-0.25, -0.2) is 4.79 Å².